The summed E-state index contributed by atoms with van der Waals surface area (Å²) in [6.45, 7) is 9.44. The van der Waals surface area contributed by atoms with Gasteiger partial charge in [0.15, 0.2) is 0 Å². The summed E-state index contributed by atoms with van der Waals surface area (Å²) >= 11 is 1.81. The van der Waals surface area contributed by atoms with Gasteiger partial charge in [-0.15, -0.1) is 11.3 Å². The molecule has 0 amide bonds. The Hall–Kier alpha value is -1.16. The fourth-order valence-corrected chi connectivity index (χ4v) is 4.04. The number of thiophene rings is 1. The van der Waals surface area contributed by atoms with Crippen molar-refractivity contribution >= 4 is 11.3 Å². The molecule has 2 atom stereocenters. The summed E-state index contributed by atoms with van der Waals surface area (Å²) in [5, 5.41) is 2.14. The molecule has 1 heterocycles. The summed E-state index contributed by atoms with van der Waals surface area (Å²) in [6.07, 6.45) is 0. The molecular weight excluding hydrogens is 276 g/mol. The Bertz CT molecular complexity index is 566. The third kappa shape index (κ3) is 3.37. The van der Waals surface area contributed by atoms with E-state index >= 15 is 0 Å². The predicted octanol–water partition coefficient (Wildman–Crippen LogP) is 4.37. The summed E-state index contributed by atoms with van der Waals surface area (Å²) in [4.78, 5) is 3.79. The van der Waals surface area contributed by atoms with Gasteiger partial charge in [-0.05, 0) is 62.9 Å². The number of hydrogen-bond acceptors (Lipinski definition) is 3. The molecule has 0 bridgehead atoms. The average molecular weight is 302 g/mol. The lowest BCUT2D eigenvalue weighted by Crippen LogP contribution is -2.33. The van der Waals surface area contributed by atoms with Crippen LogP contribution in [0.25, 0.3) is 0 Å². The van der Waals surface area contributed by atoms with Crippen molar-refractivity contribution in [1.82, 2.24) is 4.90 Å². The summed E-state index contributed by atoms with van der Waals surface area (Å²) in [7, 11) is 2.18. The number of nitrogens with two attached hydrogens (primary N) is 1. The summed E-state index contributed by atoms with van der Waals surface area (Å²) in [6, 6.07) is 9.46. The maximum absolute atomic E-state index is 6.13. The number of rotatable bonds is 5. The number of nitrogens with zero attached hydrogens (tertiary/aromatic N) is 1. The van der Waals surface area contributed by atoms with Crippen LogP contribution in [-0.4, -0.2) is 18.5 Å². The second-order valence-corrected chi connectivity index (χ2v) is 6.90. The second-order valence-electron chi connectivity index (χ2n) is 5.92. The molecule has 0 saturated carbocycles. The second kappa shape index (κ2) is 6.73. The normalized spacial score (nSPS) is 14.4. The molecule has 1 aromatic carbocycles. The van der Waals surface area contributed by atoms with Gasteiger partial charge in [0.1, 0.15) is 0 Å². The minimum atomic E-state index is 0.252. The fraction of sp³-hybridized carbons (Fsp3) is 0.444. The molecule has 0 fully saturated rings. The molecule has 2 aromatic rings. The molecule has 2 N–H and O–H groups in total. The van der Waals surface area contributed by atoms with E-state index in [1.807, 2.05) is 11.3 Å². The lowest BCUT2D eigenvalue weighted by molar-refractivity contribution is 0.191. The van der Waals surface area contributed by atoms with E-state index in [1.165, 1.54) is 27.1 Å². The molecule has 0 aliphatic rings. The number of likely N-dealkylation sites (N-methyl/N-ethyl adjacent to an activating group) is 1. The van der Waals surface area contributed by atoms with E-state index in [0.29, 0.717) is 12.6 Å². The van der Waals surface area contributed by atoms with Crippen molar-refractivity contribution in [3.63, 3.8) is 0 Å². The number of hydrogen-bond donors (Lipinski definition) is 1. The summed E-state index contributed by atoms with van der Waals surface area (Å²) in [5.41, 5.74) is 11.5. The van der Waals surface area contributed by atoms with Gasteiger partial charge in [0, 0.05) is 23.5 Å². The molecule has 114 valence electrons. The third-order valence-corrected chi connectivity index (χ3v) is 5.39. The molecule has 2 nitrogen and oxygen atoms in total. The molecule has 21 heavy (non-hydrogen) atoms. The first-order valence-electron chi connectivity index (χ1n) is 7.48. The van der Waals surface area contributed by atoms with Crippen LogP contribution in [0.15, 0.2) is 29.6 Å². The van der Waals surface area contributed by atoms with Gasteiger partial charge in [-0.25, -0.2) is 0 Å². The molecule has 3 heteroatoms. The molecule has 0 aliphatic heterocycles. The first-order chi connectivity index (χ1) is 9.95. The zero-order valence-corrected chi connectivity index (χ0v) is 14.5. The van der Waals surface area contributed by atoms with Crippen molar-refractivity contribution in [2.45, 2.75) is 39.8 Å². The van der Waals surface area contributed by atoms with E-state index in [4.69, 9.17) is 5.73 Å². The van der Waals surface area contributed by atoms with Crippen molar-refractivity contribution in [3.05, 3.63) is 56.8 Å². The Morgan fingerprint density at radius 1 is 1.19 bits per heavy atom. The fourth-order valence-electron chi connectivity index (χ4n) is 3.20. The van der Waals surface area contributed by atoms with Crippen LogP contribution < -0.4 is 5.73 Å². The minimum absolute atomic E-state index is 0.252. The first-order valence-corrected chi connectivity index (χ1v) is 8.36. The summed E-state index contributed by atoms with van der Waals surface area (Å²) < 4.78 is 0. The van der Waals surface area contributed by atoms with E-state index in [2.05, 4.69) is 69.3 Å². The van der Waals surface area contributed by atoms with E-state index < -0.39 is 0 Å². The van der Waals surface area contributed by atoms with Gasteiger partial charge in [0.25, 0.3) is 0 Å². The van der Waals surface area contributed by atoms with Crippen LogP contribution in [0.5, 0.6) is 0 Å². The molecule has 0 spiro atoms. The number of benzene rings is 1. The predicted molar refractivity (Wildman–Crippen MR) is 92.9 cm³/mol. The van der Waals surface area contributed by atoms with Crippen molar-refractivity contribution < 1.29 is 0 Å². The highest BCUT2D eigenvalue weighted by Gasteiger charge is 2.24. The number of aryl methyl sites for hydroxylation is 3. The van der Waals surface area contributed by atoms with Crippen molar-refractivity contribution in [1.29, 1.82) is 0 Å². The Kier molecular flexibility index (Phi) is 5.20. The van der Waals surface area contributed by atoms with Gasteiger partial charge in [-0.1, -0.05) is 23.8 Å². The van der Waals surface area contributed by atoms with Gasteiger partial charge >= 0.3 is 0 Å². The smallest absolute Gasteiger partial charge is 0.0479 e. The monoisotopic (exact) mass is 302 g/mol. The van der Waals surface area contributed by atoms with Crippen molar-refractivity contribution in [2.75, 3.05) is 13.6 Å². The maximum atomic E-state index is 6.13. The quantitative estimate of drug-likeness (QED) is 0.889. The molecule has 0 aliphatic carbocycles. The van der Waals surface area contributed by atoms with Crippen molar-refractivity contribution in [3.8, 4) is 0 Å². The molecule has 0 radical (unpaired) electrons. The van der Waals surface area contributed by atoms with Gasteiger partial charge in [0.05, 0.1) is 0 Å². The lowest BCUT2D eigenvalue weighted by Gasteiger charge is -2.34. The molecular formula is C18H26N2S. The van der Waals surface area contributed by atoms with Crippen LogP contribution in [0.2, 0.25) is 0 Å². The Labute approximate surface area is 132 Å². The average Bonchev–Trinajstić information content (AvgIpc) is 2.95. The van der Waals surface area contributed by atoms with E-state index in [-0.39, 0.29) is 6.04 Å². The van der Waals surface area contributed by atoms with Crippen LogP contribution in [0, 0.1) is 20.8 Å². The standard InChI is InChI=1S/C18H26N2S/c1-12-9-13(2)18(14(3)10-12)16(11-19)20(5)15(4)17-7-6-8-21-17/h6-10,15-16H,11,19H2,1-5H3. The van der Waals surface area contributed by atoms with Gasteiger partial charge in [-0.3, -0.25) is 4.90 Å². The lowest BCUT2D eigenvalue weighted by atomic mass is 9.92. The molecule has 2 unspecified atom stereocenters. The van der Waals surface area contributed by atoms with Gasteiger partial charge < -0.3 is 5.73 Å². The maximum Gasteiger partial charge on any atom is 0.0479 e. The highest BCUT2D eigenvalue weighted by Crippen LogP contribution is 2.33. The minimum Gasteiger partial charge on any atom is -0.329 e. The van der Waals surface area contributed by atoms with Crippen LogP contribution in [-0.2, 0) is 0 Å². The highest BCUT2D eigenvalue weighted by atomic mass is 32.1. The molecule has 2 rings (SSSR count). The third-order valence-electron chi connectivity index (χ3n) is 4.35. The van der Waals surface area contributed by atoms with Gasteiger partial charge in [-0.2, -0.15) is 0 Å². The van der Waals surface area contributed by atoms with Crippen molar-refractivity contribution in [2.24, 2.45) is 5.73 Å². The zero-order valence-electron chi connectivity index (χ0n) is 13.7. The van der Waals surface area contributed by atoms with Crippen LogP contribution in [0.1, 0.15) is 46.1 Å². The Balaban J connectivity index is 2.36. The first kappa shape index (κ1) is 16.2. The SMILES string of the molecule is Cc1cc(C)c(C(CN)N(C)C(C)c2cccs2)c(C)c1. The van der Waals surface area contributed by atoms with Crippen LogP contribution in [0.3, 0.4) is 0 Å². The summed E-state index contributed by atoms with van der Waals surface area (Å²) in [5.74, 6) is 0. The Morgan fingerprint density at radius 3 is 2.29 bits per heavy atom. The molecule has 0 saturated heterocycles. The topological polar surface area (TPSA) is 29.3 Å². The van der Waals surface area contributed by atoms with E-state index in [0.717, 1.165) is 0 Å². The highest BCUT2D eigenvalue weighted by molar-refractivity contribution is 7.10. The Morgan fingerprint density at radius 2 is 1.81 bits per heavy atom. The van der Waals surface area contributed by atoms with Gasteiger partial charge in [0.2, 0.25) is 0 Å². The zero-order chi connectivity index (χ0) is 15.6. The van der Waals surface area contributed by atoms with Crippen LogP contribution in [0.4, 0.5) is 0 Å². The molecule has 1 aromatic heterocycles. The van der Waals surface area contributed by atoms with Crippen LogP contribution >= 0.6 is 11.3 Å². The largest absolute Gasteiger partial charge is 0.329 e. The van der Waals surface area contributed by atoms with E-state index in [1.54, 1.807) is 0 Å². The van der Waals surface area contributed by atoms with E-state index in [9.17, 15) is 0 Å².